The maximum Gasteiger partial charge on any atom is 0.305 e. The van der Waals surface area contributed by atoms with Crippen LogP contribution in [0.2, 0.25) is 0 Å². The monoisotopic (exact) mass is 510 g/mol. The molecule has 0 amide bonds. The molecule has 0 fully saturated rings. The molecule has 0 saturated carbocycles. The lowest BCUT2D eigenvalue weighted by atomic mass is 10.0. The lowest BCUT2D eigenvalue weighted by Gasteiger charge is -2.14. The van der Waals surface area contributed by atoms with Crippen LogP contribution in [0.3, 0.4) is 0 Å². The van der Waals surface area contributed by atoms with Crippen molar-refractivity contribution < 1.29 is 19.1 Å². The van der Waals surface area contributed by atoms with Crippen molar-refractivity contribution in [2.24, 2.45) is 5.92 Å². The molecule has 0 aliphatic heterocycles. The summed E-state index contributed by atoms with van der Waals surface area (Å²) in [5, 5.41) is 0. The molecule has 4 nitrogen and oxygen atoms in total. The van der Waals surface area contributed by atoms with Gasteiger partial charge < -0.3 is 9.47 Å². The van der Waals surface area contributed by atoms with Crippen LogP contribution in [-0.4, -0.2) is 25.2 Å². The van der Waals surface area contributed by atoms with E-state index in [4.69, 9.17) is 9.47 Å². The number of hydrogen-bond donors (Lipinski definition) is 0. The van der Waals surface area contributed by atoms with Crippen molar-refractivity contribution in [1.29, 1.82) is 0 Å². The first-order valence-corrected chi connectivity index (χ1v) is 15.9. The Hall–Kier alpha value is -1.06. The van der Waals surface area contributed by atoms with Crippen LogP contribution in [0.15, 0.2) is 0 Å². The topological polar surface area (TPSA) is 52.6 Å². The van der Waals surface area contributed by atoms with Crippen molar-refractivity contribution in [3.63, 3.8) is 0 Å². The molecule has 0 heterocycles. The maximum atomic E-state index is 11.9. The second-order valence-corrected chi connectivity index (χ2v) is 10.8. The minimum atomic E-state index is -0.0231. The van der Waals surface area contributed by atoms with Gasteiger partial charge in [0.1, 0.15) is 0 Å². The fraction of sp³-hybridized carbons (Fsp3) is 0.938. The quantitative estimate of drug-likeness (QED) is 0.0776. The van der Waals surface area contributed by atoms with Crippen LogP contribution in [0, 0.1) is 5.92 Å². The first kappa shape index (κ1) is 34.9. The van der Waals surface area contributed by atoms with E-state index in [-0.39, 0.29) is 11.9 Å². The van der Waals surface area contributed by atoms with Crippen LogP contribution in [-0.2, 0) is 19.1 Å². The highest BCUT2D eigenvalue weighted by molar-refractivity contribution is 5.69. The summed E-state index contributed by atoms with van der Waals surface area (Å²) in [6.07, 6.45) is 27.7. The molecule has 0 N–H and O–H groups in total. The molecule has 0 aliphatic rings. The smallest absolute Gasteiger partial charge is 0.305 e. The van der Waals surface area contributed by atoms with Gasteiger partial charge in [-0.05, 0) is 31.6 Å². The molecule has 0 aromatic heterocycles. The fourth-order valence-corrected chi connectivity index (χ4v) is 4.63. The second-order valence-electron chi connectivity index (χ2n) is 10.8. The van der Waals surface area contributed by atoms with Gasteiger partial charge in [-0.1, -0.05) is 136 Å². The summed E-state index contributed by atoms with van der Waals surface area (Å²) in [6.45, 7) is 7.84. The zero-order chi connectivity index (χ0) is 26.5. The number of carbonyl (C=O) groups is 2. The summed E-state index contributed by atoms with van der Waals surface area (Å²) in [7, 11) is 0. The van der Waals surface area contributed by atoms with Crippen molar-refractivity contribution in [3.05, 3.63) is 0 Å². The van der Waals surface area contributed by atoms with E-state index in [0.29, 0.717) is 32.0 Å². The number of ether oxygens (including phenoxy) is 2. The van der Waals surface area contributed by atoms with Gasteiger partial charge in [0.2, 0.25) is 0 Å². The Morgan fingerprint density at radius 1 is 0.500 bits per heavy atom. The minimum absolute atomic E-state index is 0.0200. The summed E-state index contributed by atoms with van der Waals surface area (Å²) in [6, 6.07) is 0. The molecule has 0 saturated heterocycles. The van der Waals surface area contributed by atoms with Crippen molar-refractivity contribution in [2.45, 2.75) is 175 Å². The summed E-state index contributed by atoms with van der Waals surface area (Å²) in [5.41, 5.74) is 0. The molecule has 214 valence electrons. The Bertz CT molecular complexity index is 477. The van der Waals surface area contributed by atoms with E-state index >= 15 is 0 Å². The SMILES string of the molecule is CCCCCCCCCCCCOC(=O)CCCCCCCCCCC(=O)OCC(CC)CCCC. The molecule has 0 aliphatic carbocycles. The zero-order valence-electron chi connectivity index (χ0n) is 24.6. The molecule has 0 aromatic rings. The van der Waals surface area contributed by atoms with E-state index in [1.54, 1.807) is 0 Å². The Morgan fingerprint density at radius 2 is 0.917 bits per heavy atom. The molecular formula is C32H62O4. The molecular weight excluding hydrogens is 448 g/mol. The first-order valence-electron chi connectivity index (χ1n) is 15.9. The standard InChI is InChI=1S/C32H62O4/c1-4-7-9-10-11-12-15-18-21-24-28-35-31(33)26-22-19-16-13-14-17-20-23-27-32(34)36-29-30(6-3)25-8-5-2/h30H,4-29H2,1-3H3. The van der Waals surface area contributed by atoms with E-state index in [1.807, 2.05) is 0 Å². The van der Waals surface area contributed by atoms with Gasteiger partial charge in [0.25, 0.3) is 0 Å². The van der Waals surface area contributed by atoms with Crippen LogP contribution >= 0.6 is 0 Å². The van der Waals surface area contributed by atoms with Crippen molar-refractivity contribution in [2.75, 3.05) is 13.2 Å². The fourth-order valence-electron chi connectivity index (χ4n) is 4.63. The number of unbranched alkanes of at least 4 members (excludes halogenated alkanes) is 17. The molecule has 36 heavy (non-hydrogen) atoms. The van der Waals surface area contributed by atoms with Crippen LogP contribution in [0.5, 0.6) is 0 Å². The average Bonchev–Trinajstić information content (AvgIpc) is 2.88. The molecule has 0 rings (SSSR count). The number of rotatable bonds is 28. The van der Waals surface area contributed by atoms with E-state index in [1.165, 1.54) is 103 Å². The summed E-state index contributed by atoms with van der Waals surface area (Å²) in [4.78, 5) is 23.8. The number of esters is 2. The molecule has 1 unspecified atom stereocenters. The zero-order valence-corrected chi connectivity index (χ0v) is 24.6. The highest BCUT2D eigenvalue weighted by Gasteiger charge is 2.10. The van der Waals surface area contributed by atoms with E-state index in [2.05, 4.69) is 20.8 Å². The molecule has 0 radical (unpaired) electrons. The number of carbonyl (C=O) groups excluding carboxylic acids is 2. The van der Waals surface area contributed by atoms with Crippen molar-refractivity contribution >= 4 is 11.9 Å². The van der Waals surface area contributed by atoms with Gasteiger partial charge in [0.15, 0.2) is 0 Å². The third-order valence-electron chi connectivity index (χ3n) is 7.30. The molecule has 1 atom stereocenters. The van der Waals surface area contributed by atoms with Crippen LogP contribution in [0.4, 0.5) is 0 Å². The second kappa shape index (κ2) is 28.5. The molecule has 4 heteroatoms. The highest BCUT2D eigenvalue weighted by Crippen LogP contribution is 2.15. The van der Waals surface area contributed by atoms with Crippen LogP contribution < -0.4 is 0 Å². The average molecular weight is 511 g/mol. The number of hydrogen-bond acceptors (Lipinski definition) is 4. The van der Waals surface area contributed by atoms with Gasteiger partial charge in [0, 0.05) is 12.8 Å². The lowest BCUT2D eigenvalue weighted by molar-refractivity contribution is -0.145. The minimum Gasteiger partial charge on any atom is -0.466 e. The first-order chi connectivity index (χ1) is 17.6. The summed E-state index contributed by atoms with van der Waals surface area (Å²) >= 11 is 0. The molecule has 0 spiro atoms. The van der Waals surface area contributed by atoms with Crippen LogP contribution in [0.1, 0.15) is 175 Å². The third kappa shape index (κ3) is 26.0. The van der Waals surface area contributed by atoms with Gasteiger partial charge in [-0.25, -0.2) is 0 Å². The van der Waals surface area contributed by atoms with Gasteiger partial charge in [-0.3, -0.25) is 9.59 Å². The van der Waals surface area contributed by atoms with Gasteiger partial charge in [-0.2, -0.15) is 0 Å². The lowest BCUT2D eigenvalue weighted by Crippen LogP contribution is -2.13. The Morgan fingerprint density at radius 3 is 1.39 bits per heavy atom. The molecule has 0 aromatic carbocycles. The predicted molar refractivity (Wildman–Crippen MR) is 153 cm³/mol. The summed E-state index contributed by atoms with van der Waals surface area (Å²) < 4.78 is 10.9. The normalized spacial score (nSPS) is 12.0. The third-order valence-corrected chi connectivity index (χ3v) is 7.30. The molecule has 0 bridgehead atoms. The van der Waals surface area contributed by atoms with Gasteiger partial charge >= 0.3 is 11.9 Å². The Balaban J connectivity index is 3.33. The Labute approximate surface area is 225 Å². The van der Waals surface area contributed by atoms with Crippen LogP contribution in [0.25, 0.3) is 0 Å². The van der Waals surface area contributed by atoms with E-state index in [0.717, 1.165) is 38.5 Å². The Kier molecular flexibility index (Phi) is 27.7. The summed E-state index contributed by atoms with van der Waals surface area (Å²) in [5.74, 6) is 0.485. The van der Waals surface area contributed by atoms with Crippen molar-refractivity contribution in [1.82, 2.24) is 0 Å². The van der Waals surface area contributed by atoms with Gasteiger partial charge in [0.05, 0.1) is 13.2 Å². The van der Waals surface area contributed by atoms with E-state index in [9.17, 15) is 9.59 Å². The largest absolute Gasteiger partial charge is 0.466 e. The van der Waals surface area contributed by atoms with E-state index < -0.39 is 0 Å². The van der Waals surface area contributed by atoms with Gasteiger partial charge in [-0.15, -0.1) is 0 Å². The van der Waals surface area contributed by atoms with Crippen molar-refractivity contribution in [3.8, 4) is 0 Å². The highest BCUT2D eigenvalue weighted by atomic mass is 16.5. The predicted octanol–water partition coefficient (Wildman–Crippen LogP) is 10.1. The maximum absolute atomic E-state index is 11.9.